The van der Waals surface area contributed by atoms with Crippen LogP contribution in [0, 0.1) is 0 Å². The van der Waals surface area contributed by atoms with Crippen LogP contribution in [0.5, 0.6) is 17.2 Å². The van der Waals surface area contributed by atoms with Crippen LogP contribution in [0.25, 0.3) is 6.08 Å². The first kappa shape index (κ1) is 13.2. The van der Waals surface area contributed by atoms with E-state index in [0.29, 0.717) is 24.5 Å². The monoisotopic (exact) mass is 282 g/mol. The summed E-state index contributed by atoms with van der Waals surface area (Å²) in [6.45, 7) is 1.09. The molecule has 2 aromatic carbocycles. The third-order valence-electron chi connectivity index (χ3n) is 3.15. The number of ether oxygens (including phenoxy) is 2. The Morgan fingerprint density at radius 1 is 1.00 bits per heavy atom. The van der Waals surface area contributed by atoms with Gasteiger partial charge in [0.05, 0.1) is 0 Å². The van der Waals surface area contributed by atoms with Crippen molar-refractivity contribution in [2.45, 2.75) is 0 Å². The Balaban J connectivity index is 1.76. The molecule has 0 unspecified atom stereocenters. The Bertz CT molecular complexity index is 686. The Hall–Kier alpha value is -2.75. The average molecular weight is 282 g/mol. The van der Waals surface area contributed by atoms with Crippen molar-refractivity contribution in [1.29, 1.82) is 0 Å². The number of phenols is 1. The smallest absolute Gasteiger partial charge is 0.185 e. The molecular weight excluding hydrogens is 268 g/mol. The second kappa shape index (κ2) is 5.71. The number of carbonyl (C=O) groups is 1. The first-order valence-corrected chi connectivity index (χ1v) is 6.63. The largest absolute Gasteiger partial charge is 0.508 e. The molecule has 0 fully saturated rings. The van der Waals surface area contributed by atoms with E-state index >= 15 is 0 Å². The van der Waals surface area contributed by atoms with Crippen molar-refractivity contribution in [3.8, 4) is 17.2 Å². The topological polar surface area (TPSA) is 55.8 Å². The van der Waals surface area contributed by atoms with Gasteiger partial charge in [-0.05, 0) is 48.0 Å². The zero-order chi connectivity index (χ0) is 14.7. The molecule has 3 rings (SSSR count). The van der Waals surface area contributed by atoms with Crippen molar-refractivity contribution in [1.82, 2.24) is 0 Å². The molecular formula is C17H14O4. The number of benzene rings is 2. The fourth-order valence-corrected chi connectivity index (χ4v) is 2.06. The molecule has 1 N–H and O–H groups in total. The van der Waals surface area contributed by atoms with Gasteiger partial charge < -0.3 is 14.6 Å². The van der Waals surface area contributed by atoms with Gasteiger partial charge >= 0.3 is 0 Å². The Morgan fingerprint density at radius 2 is 1.71 bits per heavy atom. The molecule has 4 heteroatoms. The van der Waals surface area contributed by atoms with Gasteiger partial charge in [0, 0.05) is 5.56 Å². The molecule has 1 heterocycles. The summed E-state index contributed by atoms with van der Waals surface area (Å²) in [5.41, 5.74) is 1.40. The zero-order valence-electron chi connectivity index (χ0n) is 11.3. The highest BCUT2D eigenvalue weighted by atomic mass is 16.6. The van der Waals surface area contributed by atoms with E-state index in [4.69, 9.17) is 9.47 Å². The highest BCUT2D eigenvalue weighted by Crippen LogP contribution is 2.31. The zero-order valence-corrected chi connectivity index (χ0v) is 11.3. The molecule has 0 saturated heterocycles. The van der Waals surface area contributed by atoms with Crippen LogP contribution in [-0.2, 0) is 0 Å². The highest BCUT2D eigenvalue weighted by Gasteiger charge is 2.10. The molecule has 0 bridgehead atoms. The first-order valence-electron chi connectivity index (χ1n) is 6.63. The number of ketones is 1. The summed E-state index contributed by atoms with van der Waals surface area (Å²) < 4.78 is 10.9. The molecule has 1 aliphatic heterocycles. The van der Waals surface area contributed by atoms with E-state index in [1.807, 2.05) is 18.2 Å². The number of phenolic OH excluding ortho intramolecular Hbond substituents is 1. The fraction of sp³-hybridized carbons (Fsp3) is 0.118. The molecule has 0 aromatic heterocycles. The Kier molecular flexibility index (Phi) is 3.60. The number of allylic oxidation sites excluding steroid dienone is 1. The quantitative estimate of drug-likeness (QED) is 0.694. The predicted molar refractivity (Wildman–Crippen MR) is 78.9 cm³/mol. The van der Waals surface area contributed by atoms with Gasteiger partial charge in [-0.2, -0.15) is 0 Å². The molecule has 4 nitrogen and oxygen atoms in total. The van der Waals surface area contributed by atoms with Gasteiger partial charge in [0.1, 0.15) is 19.0 Å². The Morgan fingerprint density at radius 3 is 2.48 bits per heavy atom. The van der Waals surface area contributed by atoms with Crippen molar-refractivity contribution in [3.63, 3.8) is 0 Å². The van der Waals surface area contributed by atoms with Gasteiger partial charge in [-0.25, -0.2) is 0 Å². The van der Waals surface area contributed by atoms with Crippen LogP contribution in [0.3, 0.4) is 0 Å². The molecule has 0 amide bonds. The first-order chi connectivity index (χ1) is 10.2. The number of rotatable bonds is 3. The van der Waals surface area contributed by atoms with Gasteiger partial charge in [-0.1, -0.05) is 12.1 Å². The number of hydrogen-bond acceptors (Lipinski definition) is 4. The summed E-state index contributed by atoms with van der Waals surface area (Å²) in [5.74, 6) is 1.44. The lowest BCUT2D eigenvalue weighted by molar-refractivity contribution is 0.104. The van der Waals surface area contributed by atoms with Crippen LogP contribution in [0.4, 0.5) is 0 Å². The van der Waals surface area contributed by atoms with Gasteiger partial charge in [0.25, 0.3) is 0 Å². The average Bonchev–Trinajstić information content (AvgIpc) is 2.53. The van der Waals surface area contributed by atoms with E-state index < -0.39 is 0 Å². The molecule has 0 atom stereocenters. The summed E-state index contributed by atoms with van der Waals surface area (Å²) in [4.78, 5) is 12.0. The number of carbonyl (C=O) groups excluding carboxylic acids is 1. The second-order valence-electron chi connectivity index (χ2n) is 4.65. The summed E-state index contributed by atoms with van der Waals surface area (Å²) in [6.07, 6.45) is 3.23. The van der Waals surface area contributed by atoms with Crippen molar-refractivity contribution < 1.29 is 19.4 Å². The molecule has 106 valence electrons. The predicted octanol–water partition coefficient (Wildman–Crippen LogP) is 3.06. The van der Waals surface area contributed by atoms with E-state index in [2.05, 4.69) is 0 Å². The maximum atomic E-state index is 12.0. The third-order valence-corrected chi connectivity index (χ3v) is 3.15. The molecule has 0 spiro atoms. The van der Waals surface area contributed by atoms with Crippen LogP contribution in [0.1, 0.15) is 15.9 Å². The van der Waals surface area contributed by atoms with Gasteiger partial charge in [0.15, 0.2) is 17.3 Å². The minimum Gasteiger partial charge on any atom is -0.508 e. The van der Waals surface area contributed by atoms with Crippen LogP contribution in [0.15, 0.2) is 48.5 Å². The minimum absolute atomic E-state index is 0.120. The third kappa shape index (κ3) is 3.05. The summed E-state index contributed by atoms with van der Waals surface area (Å²) in [6, 6.07) is 11.7. The normalized spacial score (nSPS) is 13.3. The number of aromatic hydroxyl groups is 1. The molecule has 2 aromatic rings. The van der Waals surface area contributed by atoms with E-state index in [-0.39, 0.29) is 11.5 Å². The van der Waals surface area contributed by atoms with Crippen molar-refractivity contribution >= 4 is 11.9 Å². The maximum Gasteiger partial charge on any atom is 0.185 e. The van der Waals surface area contributed by atoms with E-state index in [1.165, 1.54) is 18.2 Å². The molecule has 1 aliphatic rings. The fourth-order valence-electron chi connectivity index (χ4n) is 2.06. The van der Waals surface area contributed by atoms with E-state index in [1.54, 1.807) is 18.2 Å². The van der Waals surface area contributed by atoms with Crippen LogP contribution < -0.4 is 9.47 Å². The van der Waals surface area contributed by atoms with E-state index in [0.717, 1.165) is 11.3 Å². The van der Waals surface area contributed by atoms with Crippen molar-refractivity contribution in [2.75, 3.05) is 13.2 Å². The van der Waals surface area contributed by atoms with Crippen LogP contribution in [-0.4, -0.2) is 24.1 Å². The molecule has 0 aliphatic carbocycles. The summed E-state index contributed by atoms with van der Waals surface area (Å²) in [5, 5.41) is 9.20. The standard InChI is InChI=1S/C17H14O4/c18-14-5-3-13(4-6-14)15(19)7-1-12-2-8-16-17(11-12)21-10-9-20-16/h1-8,11,18H,9-10H2. The van der Waals surface area contributed by atoms with Crippen LogP contribution in [0.2, 0.25) is 0 Å². The lowest BCUT2D eigenvalue weighted by Crippen LogP contribution is -2.15. The van der Waals surface area contributed by atoms with E-state index in [9.17, 15) is 9.90 Å². The number of fused-ring (bicyclic) bond motifs is 1. The highest BCUT2D eigenvalue weighted by molar-refractivity contribution is 6.06. The van der Waals surface area contributed by atoms with Crippen molar-refractivity contribution in [3.05, 3.63) is 59.7 Å². The van der Waals surface area contributed by atoms with Crippen LogP contribution >= 0.6 is 0 Å². The van der Waals surface area contributed by atoms with Gasteiger partial charge in [-0.3, -0.25) is 4.79 Å². The molecule has 0 saturated carbocycles. The molecule has 0 radical (unpaired) electrons. The summed E-state index contributed by atoms with van der Waals surface area (Å²) in [7, 11) is 0. The second-order valence-corrected chi connectivity index (χ2v) is 4.65. The lowest BCUT2D eigenvalue weighted by Gasteiger charge is -2.18. The van der Waals surface area contributed by atoms with Gasteiger partial charge in [0.2, 0.25) is 0 Å². The maximum absolute atomic E-state index is 12.0. The summed E-state index contributed by atoms with van der Waals surface area (Å²) >= 11 is 0. The SMILES string of the molecule is O=C(C=Cc1ccc2c(c1)OCCO2)c1ccc(O)cc1. The number of hydrogen-bond donors (Lipinski definition) is 1. The lowest BCUT2D eigenvalue weighted by atomic mass is 10.1. The van der Waals surface area contributed by atoms with Gasteiger partial charge in [-0.15, -0.1) is 0 Å². The Labute approximate surface area is 122 Å². The van der Waals surface area contributed by atoms with Crippen molar-refractivity contribution in [2.24, 2.45) is 0 Å². The minimum atomic E-state index is -0.120. The molecule has 21 heavy (non-hydrogen) atoms.